The summed E-state index contributed by atoms with van der Waals surface area (Å²) in [5, 5.41) is 6.00. The number of carbonyl (C=O) groups is 1. The largest absolute Gasteiger partial charge is 0.342 e. The van der Waals surface area contributed by atoms with Gasteiger partial charge in [-0.3, -0.25) is 15.1 Å². The monoisotopic (exact) mass is 195 g/mol. The first-order valence-electron chi connectivity index (χ1n) is 5.19. The van der Waals surface area contributed by atoms with Crippen molar-refractivity contribution in [2.24, 2.45) is 10.9 Å². The highest BCUT2D eigenvalue weighted by Crippen LogP contribution is 2.39. The Morgan fingerprint density at radius 1 is 1.50 bits per heavy atom. The lowest BCUT2D eigenvalue weighted by atomic mass is 9.69. The molecule has 1 aliphatic carbocycles. The van der Waals surface area contributed by atoms with Crippen LogP contribution in [0.2, 0.25) is 0 Å². The van der Waals surface area contributed by atoms with E-state index in [0.29, 0.717) is 11.9 Å². The summed E-state index contributed by atoms with van der Waals surface area (Å²) in [5.41, 5.74) is -0.326. The summed E-state index contributed by atoms with van der Waals surface area (Å²) in [6.45, 7) is 6.16. The lowest BCUT2D eigenvalue weighted by Gasteiger charge is -2.40. The Morgan fingerprint density at radius 3 is 2.64 bits per heavy atom. The van der Waals surface area contributed by atoms with E-state index in [2.05, 4.69) is 22.5 Å². The zero-order valence-electron chi connectivity index (χ0n) is 8.92. The van der Waals surface area contributed by atoms with Crippen LogP contribution in [-0.4, -0.2) is 23.4 Å². The molecule has 2 fully saturated rings. The van der Waals surface area contributed by atoms with Gasteiger partial charge in [-0.2, -0.15) is 0 Å². The topological polar surface area (TPSA) is 53.5 Å². The SMILES string of the molecule is CC1CC2(C1)NC(=NC(C)C)NC2=O. The number of rotatable bonds is 1. The van der Waals surface area contributed by atoms with E-state index in [1.165, 1.54) is 0 Å². The Balaban J connectivity index is 2.08. The van der Waals surface area contributed by atoms with Crippen LogP contribution in [0.3, 0.4) is 0 Å². The van der Waals surface area contributed by atoms with Crippen LogP contribution in [0, 0.1) is 5.92 Å². The average molecular weight is 195 g/mol. The van der Waals surface area contributed by atoms with Crippen LogP contribution in [0.25, 0.3) is 0 Å². The van der Waals surface area contributed by atoms with Gasteiger partial charge in [0.25, 0.3) is 5.91 Å². The maximum absolute atomic E-state index is 11.7. The lowest BCUT2D eigenvalue weighted by molar-refractivity contribution is -0.128. The molecule has 0 radical (unpaired) electrons. The summed E-state index contributed by atoms with van der Waals surface area (Å²) in [6, 6.07) is 0.213. The average Bonchev–Trinajstić information content (AvgIpc) is 2.25. The van der Waals surface area contributed by atoms with E-state index in [-0.39, 0.29) is 17.5 Å². The van der Waals surface area contributed by atoms with E-state index in [4.69, 9.17) is 0 Å². The standard InChI is InChI=1S/C10H17N3O/c1-6(2)11-9-12-8(14)10(13-9)4-7(3)5-10/h6-7H,4-5H2,1-3H3,(H2,11,12,13,14). The molecule has 78 valence electrons. The van der Waals surface area contributed by atoms with E-state index in [9.17, 15) is 4.79 Å². The minimum Gasteiger partial charge on any atom is -0.342 e. The first kappa shape index (κ1) is 9.49. The van der Waals surface area contributed by atoms with Gasteiger partial charge in [-0.05, 0) is 32.6 Å². The van der Waals surface area contributed by atoms with Gasteiger partial charge in [0.1, 0.15) is 5.54 Å². The second-order valence-electron chi connectivity index (χ2n) is 4.75. The van der Waals surface area contributed by atoms with Crippen molar-refractivity contribution >= 4 is 11.9 Å². The van der Waals surface area contributed by atoms with Gasteiger partial charge in [0.15, 0.2) is 5.96 Å². The quantitative estimate of drug-likeness (QED) is 0.645. The molecule has 1 heterocycles. The molecule has 1 saturated carbocycles. The summed E-state index contributed by atoms with van der Waals surface area (Å²) in [5.74, 6) is 1.39. The van der Waals surface area contributed by atoms with Crippen molar-refractivity contribution in [1.82, 2.24) is 10.6 Å². The van der Waals surface area contributed by atoms with Crippen molar-refractivity contribution in [3.05, 3.63) is 0 Å². The Morgan fingerprint density at radius 2 is 2.14 bits per heavy atom. The second-order valence-corrected chi connectivity index (χ2v) is 4.75. The highest BCUT2D eigenvalue weighted by atomic mass is 16.2. The third kappa shape index (κ3) is 1.38. The lowest BCUT2D eigenvalue weighted by Crippen LogP contribution is -2.56. The van der Waals surface area contributed by atoms with Crippen LogP contribution in [0.1, 0.15) is 33.6 Å². The highest BCUT2D eigenvalue weighted by Gasteiger charge is 2.52. The normalized spacial score (nSPS) is 38.7. The van der Waals surface area contributed by atoms with Crippen LogP contribution in [-0.2, 0) is 4.79 Å². The smallest absolute Gasteiger partial charge is 0.252 e. The summed E-state index contributed by atoms with van der Waals surface area (Å²) >= 11 is 0. The van der Waals surface area contributed by atoms with Crippen molar-refractivity contribution in [2.75, 3.05) is 0 Å². The van der Waals surface area contributed by atoms with Crippen molar-refractivity contribution < 1.29 is 4.79 Å². The van der Waals surface area contributed by atoms with Gasteiger partial charge in [0, 0.05) is 6.04 Å². The zero-order valence-corrected chi connectivity index (χ0v) is 8.92. The van der Waals surface area contributed by atoms with Crippen LogP contribution in [0.5, 0.6) is 0 Å². The number of hydrogen-bond donors (Lipinski definition) is 2. The number of carbonyl (C=O) groups excluding carboxylic acids is 1. The van der Waals surface area contributed by atoms with E-state index in [0.717, 1.165) is 12.8 Å². The molecule has 2 aliphatic rings. The summed E-state index contributed by atoms with van der Waals surface area (Å²) in [7, 11) is 0. The summed E-state index contributed by atoms with van der Waals surface area (Å²) < 4.78 is 0. The fourth-order valence-corrected chi connectivity index (χ4v) is 2.28. The van der Waals surface area contributed by atoms with Gasteiger partial charge >= 0.3 is 0 Å². The molecule has 2 rings (SSSR count). The van der Waals surface area contributed by atoms with Gasteiger partial charge in [-0.1, -0.05) is 6.92 Å². The molecular formula is C10H17N3O. The Labute approximate surface area is 84.2 Å². The molecule has 4 nitrogen and oxygen atoms in total. The first-order valence-corrected chi connectivity index (χ1v) is 5.19. The molecule has 1 spiro atoms. The van der Waals surface area contributed by atoms with Crippen LogP contribution < -0.4 is 10.6 Å². The molecule has 2 N–H and O–H groups in total. The Kier molecular flexibility index (Phi) is 2.01. The van der Waals surface area contributed by atoms with Crippen molar-refractivity contribution in [2.45, 2.75) is 45.2 Å². The minimum atomic E-state index is -0.326. The molecule has 0 aromatic carbocycles. The predicted octanol–water partition coefficient (Wildman–Crippen LogP) is 0.639. The third-order valence-electron chi connectivity index (χ3n) is 2.81. The molecular weight excluding hydrogens is 178 g/mol. The van der Waals surface area contributed by atoms with Crippen molar-refractivity contribution in [1.29, 1.82) is 0 Å². The molecule has 1 aliphatic heterocycles. The van der Waals surface area contributed by atoms with E-state index in [1.54, 1.807) is 0 Å². The zero-order chi connectivity index (χ0) is 10.3. The molecule has 0 atom stereocenters. The van der Waals surface area contributed by atoms with Gasteiger partial charge < -0.3 is 5.32 Å². The predicted molar refractivity (Wildman–Crippen MR) is 55.0 cm³/mol. The molecule has 0 bridgehead atoms. The van der Waals surface area contributed by atoms with E-state index < -0.39 is 0 Å². The minimum absolute atomic E-state index is 0.0926. The summed E-state index contributed by atoms with van der Waals surface area (Å²) in [6.07, 6.45) is 1.85. The Bertz CT molecular complexity index is 290. The first-order chi connectivity index (χ1) is 6.52. The second kappa shape index (κ2) is 2.97. The van der Waals surface area contributed by atoms with Crippen LogP contribution in [0.15, 0.2) is 4.99 Å². The fraction of sp³-hybridized carbons (Fsp3) is 0.800. The number of aliphatic imine (C=N–C) groups is 1. The van der Waals surface area contributed by atoms with Gasteiger partial charge in [0.2, 0.25) is 0 Å². The molecule has 0 unspecified atom stereocenters. The van der Waals surface area contributed by atoms with Gasteiger partial charge in [-0.25, -0.2) is 0 Å². The van der Waals surface area contributed by atoms with E-state index >= 15 is 0 Å². The number of amides is 1. The Hall–Kier alpha value is -1.06. The molecule has 0 aromatic rings. The van der Waals surface area contributed by atoms with Crippen molar-refractivity contribution in [3.63, 3.8) is 0 Å². The maximum atomic E-state index is 11.7. The number of hydrogen-bond acceptors (Lipinski definition) is 2. The van der Waals surface area contributed by atoms with Crippen molar-refractivity contribution in [3.8, 4) is 0 Å². The van der Waals surface area contributed by atoms with Gasteiger partial charge in [0.05, 0.1) is 0 Å². The number of nitrogens with one attached hydrogen (secondary N) is 2. The highest BCUT2D eigenvalue weighted by molar-refractivity contribution is 6.09. The molecule has 4 heteroatoms. The number of guanidine groups is 1. The van der Waals surface area contributed by atoms with Crippen LogP contribution in [0.4, 0.5) is 0 Å². The van der Waals surface area contributed by atoms with E-state index in [1.807, 2.05) is 13.8 Å². The molecule has 1 amide bonds. The fourth-order valence-electron chi connectivity index (χ4n) is 2.28. The van der Waals surface area contributed by atoms with Gasteiger partial charge in [-0.15, -0.1) is 0 Å². The van der Waals surface area contributed by atoms with Crippen LogP contribution >= 0.6 is 0 Å². The molecule has 1 saturated heterocycles. The molecule has 0 aromatic heterocycles. The third-order valence-corrected chi connectivity index (χ3v) is 2.81. The summed E-state index contributed by atoms with van der Waals surface area (Å²) in [4.78, 5) is 16.0. The number of nitrogens with zero attached hydrogens (tertiary/aromatic N) is 1. The maximum Gasteiger partial charge on any atom is 0.252 e. The molecule has 14 heavy (non-hydrogen) atoms.